The highest BCUT2D eigenvalue weighted by atomic mass is 16.5. The van der Waals surface area contributed by atoms with Crippen molar-refractivity contribution in [3.63, 3.8) is 0 Å². The number of carbonyl (C=O) groups is 1. The summed E-state index contributed by atoms with van der Waals surface area (Å²) in [4.78, 5) is 14.5. The summed E-state index contributed by atoms with van der Waals surface area (Å²) < 4.78 is 17.0. The highest BCUT2D eigenvalue weighted by Crippen LogP contribution is 2.15. The molecule has 1 aromatic carbocycles. The van der Waals surface area contributed by atoms with Crippen molar-refractivity contribution >= 4 is 5.91 Å². The number of ether oxygens (including phenoxy) is 3. The fourth-order valence-corrected chi connectivity index (χ4v) is 3.25. The Balaban J connectivity index is 1.69. The number of likely N-dealkylation sites (N-methyl/N-ethyl adjacent to an activating group) is 1. The molecule has 29 heavy (non-hydrogen) atoms. The second kappa shape index (κ2) is 12.8. The first-order valence-electron chi connectivity index (χ1n) is 10.8. The summed E-state index contributed by atoms with van der Waals surface area (Å²) in [5.41, 5.74) is 1.02. The molecular formula is C23H38N2O4. The van der Waals surface area contributed by atoms with Gasteiger partial charge in [-0.15, -0.1) is 0 Å². The van der Waals surface area contributed by atoms with Crippen LogP contribution in [0.25, 0.3) is 0 Å². The number of amides is 1. The Morgan fingerprint density at radius 3 is 2.72 bits per heavy atom. The number of rotatable bonds is 12. The molecule has 6 heteroatoms. The van der Waals surface area contributed by atoms with Crippen LogP contribution in [0.4, 0.5) is 0 Å². The predicted octanol–water partition coefficient (Wildman–Crippen LogP) is 3.24. The molecule has 0 bridgehead atoms. The Kier molecular flexibility index (Phi) is 10.5. The van der Waals surface area contributed by atoms with E-state index in [4.69, 9.17) is 14.2 Å². The third-order valence-electron chi connectivity index (χ3n) is 5.32. The van der Waals surface area contributed by atoms with Crippen molar-refractivity contribution in [1.82, 2.24) is 10.2 Å². The molecule has 1 aliphatic rings. The Morgan fingerprint density at radius 1 is 1.24 bits per heavy atom. The smallest absolute Gasteiger partial charge is 0.249 e. The number of benzene rings is 1. The second-order valence-corrected chi connectivity index (χ2v) is 8.23. The SMILES string of the molecule is CC(C)CCOC(C)C(=O)NCc1cccc(OCCN(C)C2CCOCC2)c1. The molecule has 0 aromatic heterocycles. The van der Waals surface area contributed by atoms with Crippen LogP contribution < -0.4 is 10.1 Å². The second-order valence-electron chi connectivity index (χ2n) is 8.23. The van der Waals surface area contributed by atoms with Gasteiger partial charge in [0.25, 0.3) is 0 Å². The lowest BCUT2D eigenvalue weighted by atomic mass is 10.1. The predicted molar refractivity (Wildman–Crippen MR) is 115 cm³/mol. The van der Waals surface area contributed by atoms with Crippen LogP contribution in [0.5, 0.6) is 5.75 Å². The molecule has 1 atom stereocenters. The highest BCUT2D eigenvalue weighted by Gasteiger charge is 2.18. The standard InChI is InChI=1S/C23H38N2O4/c1-18(2)8-14-28-19(3)23(26)24-17-20-6-5-7-22(16-20)29-15-11-25(4)21-9-12-27-13-10-21/h5-7,16,18-19,21H,8-15,17H2,1-4H3,(H,24,26). The molecule has 1 saturated heterocycles. The van der Waals surface area contributed by atoms with Crippen molar-refractivity contribution in [3.05, 3.63) is 29.8 Å². The van der Waals surface area contributed by atoms with E-state index in [9.17, 15) is 4.79 Å². The molecular weight excluding hydrogens is 368 g/mol. The van der Waals surface area contributed by atoms with Crippen LogP contribution in [0.3, 0.4) is 0 Å². The maximum absolute atomic E-state index is 12.2. The van der Waals surface area contributed by atoms with Gasteiger partial charge in [-0.05, 0) is 56.8 Å². The zero-order valence-electron chi connectivity index (χ0n) is 18.5. The molecule has 0 aliphatic carbocycles. The van der Waals surface area contributed by atoms with Gasteiger partial charge in [-0.1, -0.05) is 26.0 Å². The lowest BCUT2D eigenvalue weighted by molar-refractivity contribution is -0.132. The average molecular weight is 407 g/mol. The minimum Gasteiger partial charge on any atom is -0.492 e. The van der Waals surface area contributed by atoms with Crippen molar-refractivity contribution < 1.29 is 19.0 Å². The molecule has 1 N–H and O–H groups in total. The molecule has 1 amide bonds. The van der Waals surface area contributed by atoms with Gasteiger partial charge in [-0.2, -0.15) is 0 Å². The summed E-state index contributed by atoms with van der Waals surface area (Å²) >= 11 is 0. The van der Waals surface area contributed by atoms with Gasteiger partial charge >= 0.3 is 0 Å². The first-order valence-corrected chi connectivity index (χ1v) is 10.8. The summed E-state index contributed by atoms with van der Waals surface area (Å²) in [5.74, 6) is 1.32. The van der Waals surface area contributed by atoms with E-state index in [1.807, 2.05) is 24.3 Å². The van der Waals surface area contributed by atoms with E-state index in [2.05, 4.69) is 31.1 Å². The number of nitrogens with one attached hydrogen (secondary N) is 1. The van der Waals surface area contributed by atoms with Crippen molar-refractivity contribution in [2.24, 2.45) is 5.92 Å². The van der Waals surface area contributed by atoms with Gasteiger partial charge < -0.3 is 19.5 Å². The zero-order valence-corrected chi connectivity index (χ0v) is 18.5. The van der Waals surface area contributed by atoms with Crippen LogP contribution in [-0.4, -0.2) is 63.0 Å². The van der Waals surface area contributed by atoms with Crippen LogP contribution in [0.1, 0.15) is 45.6 Å². The molecule has 0 saturated carbocycles. The first kappa shape index (κ1) is 23.6. The molecule has 1 heterocycles. The van der Waals surface area contributed by atoms with Crippen LogP contribution in [-0.2, 0) is 20.8 Å². The maximum Gasteiger partial charge on any atom is 0.249 e. The van der Waals surface area contributed by atoms with Gasteiger partial charge in [0.15, 0.2) is 0 Å². The minimum atomic E-state index is -0.436. The molecule has 164 valence electrons. The van der Waals surface area contributed by atoms with Crippen LogP contribution in [0.2, 0.25) is 0 Å². The van der Waals surface area contributed by atoms with Crippen molar-refractivity contribution in [3.8, 4) is 5.75 Å². The Morgan fingerprint density at radius 2 is 2.00 bits per heavy atom. The quantitative estimate of drug-likeness (QED) is 0.577. The normalized spacial score (nSPS) is 16.2. The fraction of sp³-hybridized carbons (Fsp3) is 0.696. The molecule has 1 aromatic rings. The summed E-state index contributed by atoms with van der Waals surface area (Å²) in [5, 5.41) is 2.94. The van der Waals surface area contributed by atoms with Crippen molar-refractivity contribution in [2.75, 3.05) is 40.0 Å². The van der Waals surface area contributed by atoms with Gasteiger partial charge in [0.05, 0.1) is 0 Å². The third kappa shape index (κ3) is 9.15. The first-order chi connectivity index (χ1) is 14.0. The van der Waals surface area contributed by atoms with Crippen LogP contribution in [0.15, 0.2) is 24.3 Å². The fourth-order valence-electron chi connectivity index (χ4n) is 3.25. The molecule has 1 aliphatic heterocycles. The van der Waals surface area contributed by atoms with E-state index in [0.717, 1.165) is 50.3 Å². The summed E-state index contributed by atoms with van der Waals surface area (Å²) in [6, 6.07) is 8.47. The van der Waals surface area contributed by atoms with Crippen molar-refractivity contribution in [1.29, 1.82) is 0 Å². The third-order valence-corrected chi connectivity index (χ3v) is 5.32. The topological polar surface area (TPSA) is 60.0 Å². The molecule has 1 fully saturated rings. The lowest BCUT2D eigenvalue weighted by Gasteiger charge is -2.31. The number of carbonyl (C=O) groups excluding carboxylic acids is 1. The summed E-state index contributed by atoms with van der Waals surface area (Å²) in [6.07, 6.45) is 2.70. The van der Waals surface area contributed by atoms with E-state index < -0.39 is 6.10 Å². The van der Waals surface area contributed by atoms with Gasteiger partial charge in [0.2, 0.25) is 5.91 Å². The molecule has 0 spiro atoms. The number of hydrogen-bond acceptors (Lipinski definition) is 5. The maximum atomic E-state index is 12.2. The largest absolute Gasteiger partial charge is 0.492 e. The van der Waals surface area contributed by atoms with Gasteiger partial charge in [-0.3, -0.25) is 9.69 Å². The van der Waals surface area contributed by atoms with Crippen LogP contribution in [0, 0.1) is 5.92 Å². The number of nitrogens with zero attached hydrogens (tertiary/aromatic N) is 1. The van der Waals surface area contributed by atoms with E-state index >= 15 is 0 Å². The van der Waals surface area contributed by atoms with Gasteiger partial charge in [0.1, 0.15) is 18.5 Å². The molecule has 1 unspecified atom stereocenters. The van der Waals surface area contributed by atoms with Gasteiger partial charge in [-0.25, -0.2) is 0 Å². The van der Waals surface area contributed by atoms with Crippen LogP contribution >= 0.6 is 0 Å². The minimum absolute atomic E-state index is 0.0850. The lowest BCUT2D eigenvalue weighted by Crippen LogP contribution is -2.38. The summed E-state index contributed by atoms with van der Waals surface area (Å²) in [7, 11) is 2.15. The summed E-state index contributed by atoms with van der Waals surface area (Å²) in [6.45, 7) is 10.4. The van der Waals surface area contributed by atoms with Crippen molar-refractivity contribution in [2.45, 2.75) is 58.7 Å². The molecule has 6 nitrogen and oxygen atoms in total. The molecule has 0 radical (unpaired) electrons. The Hall–Kier alpha value is -1.63. The average Bonchev–Trinajstić information content (AvgIpc) is 2.72. The van der Waals surface area contributed by atoms with Gasteiger partial charge in [0, 0.05) is 39.0 Å². The van der Waals surface area contributed by atoms with E-state index in [1.54, 1.807) is 6.92 Å². The molecule has 2 rings (SSSR count). The Labute approximate surface area is 175 Å². The monoisotopic (exact) mass is 406 g/mol. The van der Waals surface area contributed by atoms with E-state index in [0.29, 0.717) is 31.7 Å². The van der Waals surface area contributed by atoms with E-state index in [1.165, 1.54) is 0 Å². The highest BCUT2D eigenvalue weighted by molar-refractivity contribution is 5.80. The Bertz CT molecular complexity index is 602. The number of hydrogen-bond donors (Lipinski definition) is 1. The van der Waals surface area contributed by atoms with E-state index in [-0.39, 0.29) is 5.91 Å². The zero-order chi connectivity index (χ0) is 21.1.